The minimum Gasteiger partial charge on any atom is -0.483 e. The summed E-state index contributed by atoms with van der Waals surface area (Å²) >= 11 is 0. The van der Waals surface area contributed by atoms with E-state index in [1.165, 1.54) is 16.7 Å². The number of hydrogen-bond donors (Lipinski definition) is 1. The highest BCUT2D eigenvalue weighted by Crippen LogP contribution is 2.52. The molecule has 9 heteroatoms. The lowest BCUT2D eigenvalue weighted by molar-refractivity contribution is -0.201. The van der Waals surface area contributed by atoms with Crippen molar-refractivity contribution >= 4 is 22.9 Å². The highest BCUT2D eigenvalue weighted by Gasteiger charge is 2.56. The van der Waals surface area contributed by atoms with E-state index >= 15 is 0 Å². The molecule has 330 valence electrons. The van der Waals surface area contributed by atoms with Crippen molar-refractivity contribution in [2.24, 2.45) is 11.8 Å². The number of carbonyl (C=O) groups excluding carboxylic acids is 2. The number of rotatable bonds is 10. The lowest BCUT2D eigenvalue weighted by atomic mass is 9.71. The van der Waals surface area contributed by atoms with Gasteiger partial charge in [0.15, 0.2) is 12.2 Å². The van der Waals surface area contributed by atoms with Crippen molar-refractivity contribution in [2.45, 2.75) is 122 Å². The number of benzene rings is 4. The Kier molecular flexibility index (Phi) is 13.9. The van der Waals surface area contributed by atoms with Crippen LogP contribution in [0, 0.1) is 11.8 Å². The fraction of sp³-hybridized carbons (Fsp3) is 0.426. The van der Waals surface area contributed by atoms with Crippen molar-refractivity contribution in [3.05, 3.63) is 158 Å². The van der Waals surface area contributed by atoms with Crippen LogP contribution in [0.3, 0.4) is 0 Å². The van der Waals surface area contributed by atoms with Gasteiger partial charge in [-0.1, -0.05) is 104 Å². The number of aryl methyl sites for hydroxylation is 2. The zero-order valence-corrected chi connectivity index (χ0v) is 36.9. The summed E-state index contributed by atoms with van der Waals surface area (Å²) in [6.45, 7) is 5.52. The molecule has 0 radical (unpaired) electrons. The van der Waals surface area contributed by atoms with Crippen LogP contribution in [0.25, 0.3) is 11.0 Å². The van der Waals surface area contributed by atoms with E-state index in [4.69, 9.17) is 23.4 Å². The van der Waals surface area contributed by atoms with Gasteiger partial charge in [-0.15, -0.1) is 0 Å². The largest absolute Gasteiger partial charge is 0.483 e. The van der Waals surface area contributed by atoms with E-state index in [0.29, 0.717) is 47.1 Å². The molecule has 0 spiro atoms. The first-order valence-corrected chi connectivity index (χ1v) is 22.8. The van der Waals surface area contributed by atoms with Crippen molar-refractivity contribution < 1.29 is 38.1 Å². The maximum Gasteiger partial charge on any atom is 0.339 e. The third-order valence-corrected chi connectivity index (χ3v) is 13.5. The Bertz CT molecular complexity index is 2480. The van der Waals surface area contributed by atoms with Crippen LogP contribution >= 0.6 is 0 Å². The Morgan fingerprint density at radius 1 is 0.778 bits per heavy atom. The van der Waals surface area contributed by atoms with Gasteiger partial charge in [-0.25, -0.2) is 9.59 Å². The summed E-state index contributed by atoms with van der Waals surface area (Å²) in [5, 5.41) is 9.78. The van der Waals surface area contributed by atoms with E-state index < -0.39 is 42.2 Å². The van der Waals surface area contributed by atoms with E-state index in [1.807, 2.05) is 39.0 Å². The van der Waals surface area contributed by atoms with Gasteiger partial charge in [-0.05, 0) is 124 Å². The molecule has 4 unspecified atom stereocenters. The normalized spacial score (nSPS) is 22.2. The summed E-state index contributed by atoms with van der Waals surface area (Å²) in [5.74, 6) is -0.529. The van der Waals surface area contributed by atoms with Crippen molar-refractivity contribution in [3.8, 4) is 5.75 Å². The summed E-state index contributed by atoms with van der Waals surface area (Å²) in [5.41, 5.74) is 6.73. The third kappa shape index (κ3) is 10.3. The van der Waals surface area contributed by atoms with Crippen LogP contribution in [0.4, 0.5) is 0 Å². The monoisotopic (exact) mass is 852 g/mol. The SMILES string of the molecule is CC(C)=C1CCc2ccc(cc2)CC(CCc2cccc(Cc3ccccc3)c2)CC(=O)OC2c3c(ccc4cc(CCOCO)c(=O)oc34)OC(C)(C3CCCCC3)C2OC1=O. The number of fused-ring (bicyclic) bond motifs is 13. The van der Waals surface area contributed by atoms with Gasteiger partial charge in [0.05, 0.1) is 12.2 Å². The molecule has 5 aromatic rings. The van der Waals surface area contributed by atoms with Gasteiger partial charge in [0.25, 0.3) is 0 Å². The summed E-state index contributed by atoms with van der Waals surface area (Å²) in [6.07, 6.45) is 7.21. The lowest BCUT2D eigenvalue weighted by Crippen LogP contribution is -2.58. The number of ether oxygens (including phenoxy) is 4. The first-order chi connectivity index (χ1) is 30.6. The maximum absolute atomic E-state index is 14.8. The van der Waals surface area contributed by atoms with Crippen molar-refractivity contribution in [1.29, 1.82) is 0 Å². The van der Waals surface area contributed by atoms with Gasteiger partial charge in [0.2, 0.25) is 0 Å². The molecule has 9 nitrogen and oxygen atoms in total. The van der Waals surface area contributed by atoms with Crippen LogP contribution in [0.15, 0.2) is 117 Å². The van der Waals surface area contributed by atoms with Crippen LogP contribution in [0.2, 0.25) is 0 Å². The lowest BCUT2D eigenvalue weighted by Gasteiger charge is -2.49. The van der Waals surface area contributed by atoms with E-state index in [-0.39, 0.29) is 36.9 Å². The van der Waals surface area contributed by atoms with Crippen molar-refractivity contribution in [2.75, 3.05) is 13.4 Å². The van der Waals surface area contributed by atoms with Gasteiger partial charge in [-0.2, -0.15) is 0 Å². The number of esters is 2. The number of hydrogen-bond acceptors (Lipinski definition) is 9. The predicted molar refractivity (Wildman–Crippen MR) is 243 cm³/mol. The molecular weight excluding hydrogens is 793 g/mol. The zero-order chi connectivity index (χ0) is 43.9. The van der Waals surface area contributed by atoms with Gasteiger partial charge in [-0.3, -0.25) is 4.79 Å². The smallest absolute Gasteiger partial charge is 0.339 e. The average molecular weight is 853 g/mol. The first-order valence-electron chi connectivity index (χ1n) is 22.8. The minimum atomic E-state index is -1.13. The van der Waals surface area contributed by atoms with Gasteiger partial charge >= 0.3 is 17.6 Å². The molecule has 1 aliphatic carbocycles. The van der Waals surface area contributed by atoms with Gasteiger partial charge in [0.1, 0.15) is 23.7 Å². The molecule has 4 aliphatic rings. The maximum atomic E-state index is 14.8. The third-order valence-electron chi connectivity index (χ3n) is 13.5. The predicted octanol–water partition coefficient (Wildman–Crippen LogP) is 10.3. The molecule has 4 atom stereocenters. The molecule has 1 aromatic heterocycles. The van der Waals surface area contributed by atoms with E-state index in [1.54, 1.807) is 6.07 Å². The van der Waals surface area contributed by atoms with Gasteiger partial charge < -0.3 is 28.5 Å². The highest BCUT2D eigenvalue weighted by atomic mass is 16.6. The second kappa shape index (κ2) is 19.9. The Hall–Kier alpha value is -5.51. The number of aliphatic hydroxyl groups excluding tert-OH is 1. The number of aliphatic hydroxyl groups is 1. The molecule has 3 aliphatic heterocycles. The molecule has 0 saturated heterocycles. The van der Waals surface area contributed by atoms with Crippen molar-refractivity contribution in [1.82, 2.24) is 0 Å². The highest BCUT2D eigenvalue weighted by molar-refractivity contribution is 5.90. The van der Waals surface area contributed by atoms with E-state index in [0.717, 1.165) is 68.1 Å². The summed E-state index contributed by atoms with van der Waals surface area (Å²) < 4.78 is 31.8. The quantitative estimate of drug-likeness (QED) is 0.0481. The van der Waals surface area contributed by atoms with Crippen LogP contribution in [-0.4, -0.2) is 42.1 Å². The Morgan fingerprint density at radius 2 is 1.52 bits per heavy atom. The second-order valence-corrected chi connectivity index (χ2v) is 18.2. The second-order valence-electron chi connectivity index (χ2n) is 18.2. The number of carbonyl (C=O) groups is 2. The molecule has 63 heavy (non-hydrogen) atoms. The number of allylic oxidation sites excluding steroid dienone is 1. The van der Waals surface area contributed by atoms with Crippen LogP contribution in [0.1, 0.15) is 117 Å². The molecule has 9 rings (SSSR count). The first kappa shape index (κ1) is 44.1. The Balaban J connectivity index is 1.19. The molecule has 1 saturated carbocycles. The Labute approximate surface area is 370 Å². The van der Waals surface area contributed by atoms with Crippen LogP contribution < -0.4 is 10.4 Å². The molecule has 4 aromatic carbocycles. The summed E-state index contributed by atoms with van der Waals surface area (Å²) in [6, 6.07) is 33.1. The zero-order valence-electron chi connectivity index (χ0n) is 36.9. The molecule has 1 N–H and O–H groups in total. The molecule has 4 heterocycles. The molecule has 2 bridgehead atoms. The van der Waals surface area contributed by atoms with Crippen LogP contribution in [0.5, 0.6) is 5.75 Å². The van der Waals surface area contributed by atoms with Crippen LogP contribution in [-0.2, 0) is 55.9 Å². The van der Waals surface area contributed by atoms with Crippen molar-refractivity contribution in [3.63, 3.8) is 0 Å². The molecular formula is C54H60O9. The van der Waals surface area contributed by atoms with Gasteiger partial charge in [0, 0.05) is 35.3 Å². The molecule has 1 fully saturated rings. The topological polar surface area (TPSA) is 122 Å². The molecule has 0 amide bonds. The van der Waals surface area contributed by atoms with E-state index in [2.05, 4.69) is 72.8 Å². The fourth-order valence-electron chi connectivity index (χ4n) is 10.0. The standard InChI is InChI=1S/C54H60O9/c1-35(2)45-25-23-36-17-19-39(20-18-36)31-41(22-21-38-13-10-14-40(30-38)29-37-11-6-4-7-12-37)32-47(56)60-50-48-46(26-24-42-33-43(27-28-59-34-55)52(57)61-49(42)48)63-54(3,51(50)62-53(45)58)44-15-8-5-9-16-44/h4,6-7,10-14,17-20,24,26,30,33,41,44,50-51,55H,5,8-9,15-16,21-23,25,27-29,31-32,34H2,1-3H3. The van der Waals surface area contributed by atoms with E-state index in [9.17, 15) is 19.5 Å². The minimum absolute atomic E-state index is 0.000811. The fourth-order valence-corrected chi connectivity index (χ4v) is 10.0. The summed E-state index contributed by atoms with van der Waals surface area (Å²) in [4.78, 5) is 43.0. The summed E-state index contributed by atoms with van der Waals surface area (Å²) in [7, 11) is 0. The Morgan fingerprint density at radius 3 is 2.29 bits per heavy atom. The average Bonchev–Trinajstić information content (AvgIpc) is 3.28.